The normalized spacial score (nSPS) is 35.3. The van der Waals surface area contributed by atoms with Crippen LogP contribution in [0.3, 0.4) is 0 Å². The first kappa shape index (κ1) is 18.1. The second-order valence-corrected chi connectivity index (χ2v) is 8.48. The van der Waals surface area contributed by atoms with Gasteiger partial charge in [-0.25, -0.2) is 0 Å². The molecule has 1 aromatic rings. The predicted molar refractivity (Wildman–Crippen MR) is 98.0 cm³/mol. The number of hydrogen-bond donors (Lipinski definition) is 0. The number of carbonyl (C=O) groups excluding carboxylic acids is 2. The number of esters is 2. The van der Waals surface area contributed by atoms with E-state index in [9.17, 15) is 9.59 Å². The molecule has 6 atom stereocenters. The zero-order valence-electron chi connectivity index (χ0n) is 15.9. The fourth-order valence-electron chi connectivity index (χ4n) is 4.59. The van der Waals surface area contributed by atoms with Gasteiger partial charge in [-0.1, -0.05) is 18.2 Å². The Bertz CT molecular complexity index is 702. The van der Waals surface area contributed by atoms with Crippen LogP contribution in [0.1, 0.15) is 49.7 Å². The van der Waals surface area contributed by atoms with E-state index in [4.69, 9.17) is 18.9 Å². The summed E-state index contributed by atoms with van der Waals surface area (Å²) < 4.78 is 22.0. The van der Waals surface area contributed by atoms with Crippen molar-refractivity contribution < 1.29 is 28.5 Å². The first-order valence-electron chi connectivity index (χ1n) is 10.4. The molecule has 2 saturated heterocycles. The molecule has 0 amide bonds. The minimum Gasteiger partial charge on any atom is -0.461 e. The third kappa shape index (κ3) is 4.08. The molecule has 4 fully saturated rings. The number of fused-ring (bicyclic) bond motifs is 2. The van der Waals surface area contributed by atoms with Crippen LogP contribution in [0.2, 0.25) is 0 Å². The van der Waals surface area contributed by atoms with E-state index in [0.717, 1.165) is 49.7 Å². The monoisotopic (exact) mass is 386 g/mol. The van der Waals surface area contributed by atoms with E-state index in [2.05, 4.69) is 0 Å². The van der Waals surface area contributed by atoms with Gasteiger partial charge in [-0.15, -0.1) is 0 Å². The largest absolute Gasteiger partial charge is 0.461 e. The van der Waals surface area contributed by atoms with Crippen LogP contribution in [0.5, 0.6) is 0 Å². The molecular weight excluding hydrogens is 360 g/mol. The van der Waals surface area contributed by atoms with Gasteiger partial charge in [-0.3, -0.25) is 9.59 Å². The number of epoxide rings is 2. The Morgan fingerprint density at radius 3 is 1.75 bits per heavy atom. The van der Waals surface area contributed by atoms with Gasteiger partial charge in [-0.2, -0.15) is 0 Å². The van der Waals surface area contributed by atoms with Crippen LogP contribution >= 0.6 is 0 Å². The van der Waals surface area contributed by atoms with E-state index in [0.29, 0.717) is 12.2 Å². The molecule has 2 saturated carbocycles. The minimum atomic E-state index is -0.135. The summed E-state index contributed by atoms with van der Waals surface area (Å²) in [6.45, 7) is 0.490. The van der Waals surface area contributed by atoms with E-state index in [1.165, 1.54) is 0 Å². The molecule has 0 aromatic heterocycles. The van der Waals surface area contributed by atoms with E-state index < -0.39 is 0 Å². The van der Waals surface area contributed by atoms with Crippen LogP contribution in [0, 0.1) is 11.8 Å². The van der Waals surface area contributed by atoms with Crippen LogP contribution in [-0.2, 0) is 41.8 Å². The van der Waals surface area contributed by atoms with Gasteiger partial charge in [0.1, 0.15) is 13.2 Å². The maximum absolute atomic E-state index is 12.3. The van der Waals surface area contributed by atoms with E-state index in [1.54, 1.807) is 0 Å². The number of hydrogen-bond acceptors (Lipinski definition) is 6. The highest BCUT2D eigenvalue weighted by molar-refractivity contribution is 5.73. The number of benzene rings is 1. The van der Waals surface area contributed by atoms with Gasteiger partial charge in [-0.05, 0) is 55.7 Å². The van der Waals surface area contributed by atoms with Crippen molar-refractivity contribution in [2.75, 3.05) is 0 Å². The average molecular weight is 386 g/mol. The molecule has 2 aliphatic carbocycles. The average Bonchev–Trinajstić information content (AvgIpc) is 3.63. The third-order valence-corrected chi connectivity index (χ3v) is 6.43. The Balaban J connectivity index is 1.08. The lowest BCUT2D eigenvalue weighted by molar-refractivity contribution is -0.151. The molecule has 2 aliphatic heterocycles. The Hall–Kier alpha value is -1.92. The number of carbonyl (C=O) groups is 2. The van der Waals surface area contributed by atoms with Gasteiger partial charge in [0.2, 0.25) is 0 Å². The van der Waals surface area contributed by atoms with Crippen molar-refractivity contribution in [3.63, 3.8) is 0 Å². The molecule has 0 spiro atoms. The SMILES string of the molecule is O=C(OCc1cccc(COC(=O)C2CCC3OC3C2)c1)C1CCC2OC2C1. The molecule has 0 N–H and O–H groups in total. The summed E-state index contributed by atoms with van der Waals surface area (Å²) in [7, 11) is 0. The summed E-state index contributed by atoms with van der Waals surface area (Å²) in [4.78, 5) is 24.6. The molecule has 4 aliphatic rings. The summed E-state index contributed by atoms with van der Waals surface area (Å²) in [6.07, 6.45) is 6.50. The predicted octanol–water partition coefficient (Wildman–Crippen LogP) is 2.91. The fraction of sp³-hybridized carbons (Fsp3) is 0.636. The number of ether oxygens (including phenoxy) is 4. The summed E-state index contributed by atoms with van der Waals surface area (Å²) in [5, 5.41) is 0. The van der Waals surface area contributed by atoms with Crippen molar-refractivity contribution in [1.82, 2.24) is 0 Å². The maximum Gasteiger partial charge on any atom is 0.309 e. The first-order chi connectivity index (χ1) is 13.7. The lowest BCUT2D eigenvalue weighted by Crippen LogP contribution is -2.24. The Labute approximate surface area is 164 Å². The second kappa shape index (κ2) is 7.48. The molecule has 28 heavy (non-hydrogen) atoms. The van der Waals surface area contributed by atoms with E-state index in [-0.39, 0.29) is 49.2 Å². The van der Waals surface area contributed by atoms with Crippen molar-refractivity contribution in [3.8, 4) is 0 Å². The van der Waals surface area contributed by atoms with Gasteiger partial charge in [0.15, 0.2) is 0 Å². The van der Waals surface area contributed by atoms with Crippen LogP contribution in [0.15, 0.2) is 24.3 Å². The highest BCUT2D eigenvalue weighted by Crippen LogP contribution is 2.40. The first-order valence-corrected chi connectivity index (χ1v) is 10.4. The zero-order valence-corrected chi connectivity index (χ0v) is 15.9. The molecule has 6 unspecified atom stereocenters. The fourth-order valence-corrected chi connectivity index (χ4v) is 4.59. The summed E-state index contributed by atoms with van der Waals surface area (Å²) in [5.41, 5.74) is 1.82. The molecule has 150 valence electrons. The minimum absolute atomic E-state index is 0.0431. The highest BCUT2D eigenvalue weighted by atomic mass is 16.6. The molecule has 0 radical (unpaired) electrons. The van der Waals surface area contributed by atoms with Crippen LogP contribution in [0.25, 0.3) is 0 Å². The summed E-state index contributed by atoms with van der Waals surface area (Å²) >= 11 is 0. The van der Waals surface area contributed by atoms with Gasteiger partial charge in [0.25, 0.3) is 0 Å². The number of rotatable bonds is 6. The molecule has 6 heteroatoms. The molecule has 2 heterocycles. The Morgan fingerprint density at radius 2 is 1.29 bits per heavy atom. The molecular formula is C22H26O6. The zero-order chi connectivity index (χ0) is 19.1. The van der Waals surface area contributed by atoms with Crippen molar-refractivity contribution >= 4 is 11.9 Å². The summed E-state index contributed by atoms with van der Waals surface area (Å²) in [5.74, 6) is -0.357. The Kier molecular flexibility index (Phi) is 4.85. The van der Waals surface area contributed by atoms with E-state index >= 15 is 0 Å². The highest BCUT2D eigenvalue weighted by Gasteiger charge is 2.47. The lowest BCUT2D eigenvalue weighted by Gasteiger charge is -2.18. The summed E-state index contributed by atoms with van der Waals surface area (Å²) in [6, 6.07) is 7.68. The van der Waals surface area contributed by atoms with Crippen molar-refractivity contribution in [1.29, 1.82) is 0 Å². The van der Waals surface area contributed by atoms with Gasteiger partial charge in [0, 0.05) is 0 Å². The molecule has 0 bridgehead atoms. The van der Waals surface area contributed by atoms with Crippen LogP contribution in [0.4, 0.5) is 0 Å². The molecule has 1 aromatic carbocycles. The van der Waals surface area contributed by atoms with Crippen molar-refractivity contribution in [2.45, 2.75) is 76.2 Å². The third-order valence-electron chi connectivity index (χ3n) is 6.43. The molecule has 6 nitrogen and oxygen atoms in total. The van der Waals surface area contributed by atoms with Gasteiger partial charge >= 0.3 is 11.9 Å². The quantitative estimate of drug-likeness (QED) is 0.553. The van der Waals surface area contributed by atoms with Crippen molar-refractivity contribution in [2.24, 2.45) is 11.8 Å². The second-order valence-electron chi connectivity index (χ2n) is 8.48. The maximum atomic E-state index is 12.3. The Morgan fingerprint density at radius 1 is 0.786 bits per heavy atom. The van der Waals surface area contributed by atoms with Crippen LogP contribution < -0.4 is 0 Å². The van der Waals surface area contributed by atoms with Gasteiger partial charge in [0.05, 0.1) is 36.3 Å². The van der Waals surface area contributed by atoms with E-state index in [1.807, 2.05) is 24.3 Å². The van der Waals surface area contributed by atoms with Gasteiger partial charge < -0.3 is 18.9 Å². The van der Waals surface area contributed by atoms with Crippen LogP contribution in [-0.4, -0.2) is 36.4 Å². The standard InChI is InChI=1S/C22H26O6/c23-21(15-4-6-17-19(9-15)27-17)25-11-13-2-1-3-14(8-13)12-26-22(24)16-5-7-18-20(10-16)28-18/h1-3,8,15-20H,4-7,9-12H2. The lowest BCUT2D eigenvalue weighted by atomic mass is 9.89. The smallest absolute Gasteiger partial charge is 0.309 e. The molecule has 5 rings (SSSR count). The van der Waals surface area contributed by atoms with Crippen molar-refractivity contribution in [3.05, 3.63) is 35.4 Å². The topological polar surface area (TPSA) is 77.7 Å².